The number of anilines is 1. The molecule has 0 aliphatic carbocycles. The fraction of sp³-hybridized carbons (Fsp3) is 0.478. The molecule has 1 fully saturated rings. The molecule has 0 saturated carbocycles. The van der Waals surface area contributed by atoms with Gasteiger partial charge in [0, 0.05) is 45.4 Å². The molecule has 0 spiro atoms. The number of likely N-dealkylation sites (N-methyl/N-ethyl adjacent to an activating group) is 1. The van der Waals surface area contributed by atoms with Crippen LogP contribution in [0.25, 0.3) is 0 Å². The third-order valence-corrected chi connectivity index (χ3v) is 6.66. The number of hydrogen-bond acceptors (Lipinski definition) is 7. The Kier molecular flexibility index (Phi) is 6.08. The number of nitrogens with one attached hydrogen (secondary N) is 1. The Balaban J connectivity index is 1.11. The summed E-state index contributed by atoms with van der Waals surface area (Å²) in [6.07, 6.45) is 5.99. The van der Waals surface area contributed by atoms with Crippen LogP contribution < -0.4 is 10.2 Å². The normalized spacial score (nSPS) is 18.8. The third kappa shape index (κ3) is 4.61. The maximum Gasteiger partial charge on any atom is 0.266 e. The summed E-state index contributed by atoms with van der Waals surface area (Å²) in [6, 6.07) is 6.99. The molecule has 174 valence electrons. The van der Waals surface area contributed by atoms with Gasteiger partial charge in [-0.2, -0.15) is 4.98 Å². The van der Waals surface area contributed by atoms with Gasteiger partial charge in [0.1, 0.15) is 17.8 Å². The van der Waals surface area contributed by atoms with Crippen molar-refractivity contribution in [2.45, 2.75) is 50.9 Å². The fourth-order valence-electron chi connectivity index (χ4n) is 4.63. The van der Waals surface area contributed by atoms with Crippen molar-refractivity contribution in [3.8, 4) is 0 Å². The number of halogens is 1. The van der Waals surface area contributed by atoms with Gasteiger partial charge in [0.2, 0.25) is 11.8 Å². The van der Waals surface area contributed by atoms with Crippen LogP contribution in [0.4, 0.5) is 10.3 Å². The van der Waals surface area contributed by atoms with Gasteiger partial charge in [0.05, 0.1) is 13.1 Å². The molecule has 0 radical (unpaired) electrons. The number of carbonyl (C=O) groups is 1. The topological polar surface area (TPSA) is 92.3 Å². The van der Waals surface area contributed by atoms with Gasteiger partial charge in [0.25, 0.3) is 5.95 Å². The molecule has 1 N–H and O–H groups in total. The number of piperidine rings is 1. The third-order valence-electron chi connectivity index (χ3n) is 6.66. The lowest BCUT2D eigenvalue weighted by Gasteiger charge is -2.33. The summed E-state index contributed by atoms with van der Waals surface area (Å²) < 4.78 is 21.5. The minimum Gasteiger partial charge on any atom is -0.338 e. The molecule has 1 amide bonds. The highest BCUT2D eigenvalue weighted by atomic mass is 19.1. The van der Waals surface area contributed by atoms with Gasteiger partial charge in [0.15, 0.2) is 0 Å². The van der Waals surface area contributed by atoms with Crippen LogP contribution in [0.2, 0.25) is 0 Å². The van der Waals surface area contributed by atoms with Crippen LogP contribution in [-0.4, -0.2) is 56.8 Å². The number of aryl methyl sites for hydroxylation is 1. The van der Waals surface area contributed by atoms with E-state index in [-0.39, 0.29) is 23.8 Å². The van der Waals surface area contributed by atoms with Crippen molar-refractivity contribution >= 4 is 11.9 Å². The summed E-state index contributed by atoms with van der Waals surface area (Å²) in [5, 5.41) is 7.45. The predicted octanol–water partition coefficient (Wildman–Crippen LogP) is 2.31. The first-order valence-corrected chi connectivity index (χ1v) is 11.4. The molecule has 1 unspecified atom stereocenters. The Hall–Kier alpha value is -3.27. The van der Waals surface area contributed by atoms with Crippen molar-refractivity contribution in [2.75, 3.05) is 25.0 Å². The summed E-state index contributed by atoms with van der Waals surface area (Å²) in [4.78, 5) is 25.3. The fourth-order valence-corrected chi connectivity index (χ4v) is 4.63. The maximum atomic E-state index is 14.1. The van der Waals surface area contributed by atoms with Crippen molar-refractivity contribution < 1.29 is 13.7 Å². The highest BCUT2D eigenvalue weighted by Gasteiger charge is 2.27. The minimum atomic E-state index is -0.138. The lowest BCUT2D eigenvalue weighted by Crippen LogP contribution is -2.51. The van der Waals surface area contributed by atoms with E-state index in [0.29, 0.717) is 37.8 Å². The minimum absolute atomic E-state index is 0.0153. The Labute approximate surface area is 191 Å². The van der Waals surface area contributed by atoms with Crippen LogP contribution in [-0.2, 0) is 24.3 Å². The Morgan fingerprint density at radius 1 is 1.30 bits per heavy atom. The molecule has 1 atom stereocenters. The van der Waals surface area contributed by atoms with Crippen molar-refractivity contribution in [1.29, 1.82) is 0 Å². The summed E-state index contributed by atoms with van der Waals surface area (Å²) in [5.74, 6) is 2.05. The van der Waals surface area contributed by atoms with E-state index in [2.05, 4.69) is 29.9 Å². The van der Waals surface area contributed by atoms with Crippen LogP contribution in [0.5, 0.6) is 0 Å². The average Bonchev–Trinajstić information content (AvgIpc) is 3.52. The molecule has 3 aromatic rings. The first-order chi connectivity index (χ1) is 16.1. The van der Waals surface area contributed by atoms with E-state index in [1.807, 2.05) is 18.3 Å². The van der Waals surface area contributed by atoms with Gasteiger partial charge in [-0.15, -0.1) is 0 Å². The molecule has 9 nitrogen and oxygen atoms in total. The molecule has 0 bridgehead atoms. The Morgan fingerprint density at radius 2 is 2.12 bits per heavy atom. The number of benzene rings is 1. The molecule has 2 aliphatic heterocycles. The molecule has 2 aromatic heterocycles. The van der Waals surface area contributed by atoms with Crippen molar-refractivity contribution in [2.24, 2.45) is 0 Å². The summed E-state index contributed by atoms with van der Waals surface area (Å²) in [5.41, 5.74) is 0.783. The molecule has 1 saturated heterocycles. The van der Waals surface area contributed by atoms with Gasteiger partial charge in [-0.3, -0.25) is 10.1 Å². The Morgan fingerprint density at radius 3 is 2.94 bits per heavy atom. The number of amides is 1. The first kappa shape index (κ1) is 21.6. The summed E-state index contributed by atoms with van der Waals surface area (Å²) in [6.45, 7) is 2.79. The van der Waals surface area contributed by atoms with E-state index in [0.717, 1.165) is 37.3 Å². The van der Waals surface area contributed by atoms with E-state index in [9.17, 15) is 9.18 Å². The smallest absolute Gasteiger partial charge is 0.266 e. The molecule has 33 heavy (non-hydrogen) atoms. The largest absolute Gasteiger partial charge is 0.338 e. The lowest BCUT2D eigenvalue weighted by atomic mass is 9.89. The molecule has 5 rings (SSSR count). The van der Waals surface area contributed by atoms with E-state index in [4.69, 9.17) is 4.52 Å². The van der Waals surface area contributed by atoms with Gasteiger partial charge < -0.3 is 18.9 Å². The van der Waals surface area contributed by atoms with E-state index in [1.165, 1.54) is 6.07 Å². The van der Waals surface area contributed by atoms with Crippen molar-refractivity contribution in [1.82, 2.24) is 29.9 Å². The second kappa shape index (κ2) is 9.30. The van der Waals surface area contributed by atoms with Crippen LogP contribution >= 0.6 is 0 Å². The van der Waals surface area contributed by atoms with Crippen molar-refractivity contribution in [3.63, 3.8) is 0 Å². The number of rotatable bonds is 6. The summed E-state index contributed by atoms with van der Waals surface area (Å²) in [7, 11) is 1.81. The van der Waals surface area contributed by atoms with Crippen molar-refractivity contribution in [3.05, 3.63) is 59.8 Å². The van der Waals surface area contributed by atoms with E-state index < -0.39 is 0 Å². The summed E-state index contributed by atoms with van der Waals surface area (Å²) >= 11 is 0. The zero-order valence-corrected chi connectivity index (χ0v) is 18.7. The molecule has 4 heterocycles. The van der Waals surface area contributed by atoms with Crippen LogP contribution in [0.3, 0.4) is 0 Å². The zero-order valence-electron chi connectivity index (χ0n) is 18.7. The monoisotopic (exact) mass is 453 g/mol. The van der Waals surface area contributed by atoms with Gasteiger partial charge in [-0.05, 0) is 35.5 Å². The number of nitrogens with zero attached hydrogens (tertiary/aromatic N) is 6. The standard InChI is InChI=1S/C23H28FN7O2/c1-29(20-15-31-13-10-25-19(31)14-26-20)22(32)7-6-21-27-23(28-33-21)30-11-8-16(9-12-30)17-4-2-3-5-18(17)24/h2-5,10,13,16,20,26H,6-9,11-12,14-15H2,1H3. The highest BCUT2D eigenvalue weighted by Crippen LogP contribution is 2.31. The van der Waals surface area contributed by atoms with E-state index >= 15 is 0 Å². The molecular formula is C23H28FN7O2. The molecule has 2 aliphatic rings. The predicted molar refractivity (Wildman–Crippen MR) is 119 cm³/mol. The second-order valence-corrected chi connectivity index (χ2v) is 8.67. The SMILES string of the molecule is CN(C(=O)CCc1nc(N2CCC(c3ccccc3F)CC2)no1)C1Cn2ccnc2CN1. The van der Waals surface area contributed by atoms with Gasteiger partial charge >= 0.3 is 0 Å². The quantitative estimate of drug-likeness (QED) is 0.612. The van der Waals surface area contributed by atoms with Crippen LogP contribution in [0, 0.1) is 5.82 Å². The van der Waals surface area contributed by atoms with Gasteiger partial charge in [-0.25, -0.2) is 9.37 Å². The number of aromatic nitrogens is 4. The number of fused-ring (bicyclic) bond motifs is 1. The highest BCUT2D eigenvalue weighted by molar-refractivity contribution is 5.76. The first-order valence-electron chi connectivity index (χ1n) is 11.4. The average molecular weight is 454 g/mol. The lowest BCUT2D eigenvalue weighted by molar-refractivity contribution is -0.133. The number of hydrogen-bond donors (Lipinski definition) is 1. The second-order valence-electron chi connectivity index (χ2n) is 8.67. The van der Waals surface area contributed by atoms with E-state index in [1.54, 1.807) is 24.2 Å². The molecular weight excluding hydrogens is 425 g/mol. The van der Waals surface area contributed by atoms with Crippen LogP contribution in [0.15, 0.2) is 41.2 Å². The zero-order chi connectivity index (χ0) is 22.8. The Bertz CT molecular complexity index is 1110. The number of carbonyl (C=O) groups excluding carboxylic acids is 1. The maximum absolute atomic E-state index is 14.1. The van der Waals surface area contributed by atoms with Crippen LogP contribution in [0.1, 0.15) is 42.5 Å². The molecule has 10 heteroatoms. The number of imidazole rings is 1. The van der Waals surface area contributed by atoms with Gasteiger partial charge in [-0.1, -0.05) is 18.2 Å². The molecule has 1 aromatic carbocycles.